The zero-order chi connectivity index (χ0) is 17.7. The van der Waals surface area contributed by atoms with Crippen LogP contribution in [-0.4, -0.2) is 23.8 Å². The number of nitrogens with one attached hydrogen (secondary N) is 1. The molecule has 1 N–H and O–H groups in total. The summed E-state index contributed by atoms with van der Waals surface area (Å²) >= 11 is 1.09. The molecular weight excluding hydrogens is 343 g/mol. The Bertz CT molecular complexity index is 739. The van der Waals surface area contributed by atoms with Crippen LogP contribution in [0.15, 0.2) is 29.4 Å². The second kappa shape index (κ2) is 7.43. The minimum absolute atomic E-state index is 0.269. The number of hydrogen-bond donors (Lipinski definition) is 1. The Hall–Kier alpha value is -2.42. The molecule has 0 atom stereocenters. The third kappa shape index (κ3) is 4.54. The molecule has 0 saturated carbocycles. The fraction of sp³-hybridized carbons (Fsp3) is 0.267. The SMILES string of the molecule is CCOC(=O)c1sc(N/N=C\c2ccc(C(F)(F)F)cc2)nc1C. The molecule has 9 heteroatoms. The van der Waals surface area contributed by atoms with Gasteiger partial charge in [-0.05, 0) is 31.5 Å². The number of alkyl halides is 3. The van der Waals surface area contributed by atoms with Crippen LogP contribution < -0.4 is 5.43 Å². The van der Waals surface area contributed by atoms with E-state index in [0.29, 0.717) is 21.3 Å². The topological polar surface area (TPSA) is 63.6 Å². The number of rotatable bonds is 5. The van der Waals surface area contributed by atoms with Crippen molar-refractivity contribution in [1.82, 2.24) is 4.98 Å². The van der Waals surface area contributed by atoms with E-state index in [4.69, 9.17) is 4.74 Å². The maximum atomic E-state index is 12.5. The first-order valence-corrected chi connectivity index (χ1v) is 7.73. The largest absolute Gasteiger partial charge is 0.462 e. The van der Waals surface area contributed by atoms with Gasteiger partial charge in [0, 0.05) is 0 Å². The normalized spacial score (nSPS) is 11.7. The van der Waals surface area contributed by atoms with E-state index in [2.05, 4.69) is 15.5 Å². The summed E-state index contributed by atoms with van der Waals surface area (Å²) in [6.07, 6.45) is -3.00. The molecule has 0 spiro atoms. The van der Waals surface area contributed by atoms with Crippen LogP contribution in [0.5, 0.6) is 0 Å². The van der Waals surface area contributed by atoms with Gasteiger partial charge in [0.2, 0.25) is 5.13 Å². The lowest BCUT2D eigenvalue weighted by Gasteiger charge is -2.05. The molecule has 0 aliphatic heterocycles. The van der Waals surface area contributed by atoms with E-state index in [0.717, 1.165) is 23.5 Å². The summed E-state index contributed by atoms with van der Waals surface area (Å²) in [5.74, 6) is -0.452. The van der Waals surface area contributed by atoms with Crippen LogP contribution in [0.4, 0.5) is 18.3 Å². The molecule has 0 bridgehead atoms. The molecule has 0 unspecified atom stereocenters. The molecule has 5 nitrogen and oxygen atoms in total. The molecule has 0 amide bonds. The van der Waals surface area contributed by atoms with Crippen LogP contribution in [0.1, 0.15) is 33.4 Å². The maximum Gasteiger partial charge on any atom is 0.416 e. The number of anilines is 1. The highest BCUT2D eigenvalue weighted by Crippen LogP contribution is 2.29. The lowest BCUT2D eigenvalue weighted by molar-refractivity contribution is -0.137. The van der Waals surface area contributed by atoms with E-state index in [1.54, 1.807) is 13.8 Å². The zero-order valence-electron chi connectivity index (χ0n) is 12.8. The fourth-order valence-corrected chi connectivity index (χ4v) is 2.56. The summed E-state index contributed by atoms with van der Waals surface area (Å²) in [6, 6.07) is 4.58. The molecule has 0 aliphatic carbocycles. The average Bonchev–Trinajstić information content (AvgIpc) is 2.88. The highest BCUT2D eigenvalue weighted by Gasteiger charge is 2.29. The molecule has 1 aromatic carbocycles. The van der Waals surface area contributed by atoms with Crippen LogP contribution in [-0.2, 0) is 10.9 Å². The molecule has 2 aromatic rings. The Balaban J connectivity index is 2.02. The number of carbonyl (C=O) groups is 1. The summed E-state index contributed by atoms with van der Waals surface area (Å²) in [4.78, 5) is 16.2. The first-order valence-electron chi connectivity index (χ1n) is 6.92. The highest BCUT2D eigenvalue weighted by atomic mass is 32.1. The van der Waals surface area contributed by atoms with Gasteiger partial charge >= 0.3 is 12.1 Å². The van der Waals surface area contributed by atoms with Crippen LogP contribution in [0.3, 0.4) is 0 Å². The van der Waals surface area contributed by atoms with Crippen LogP contribution in [0, 0.1) is 6.92 Å². The van der Waals surface area contributed by atoms with Gasteiger partial charge in [0.05, 0.1) is 24.1 Å². The Kier molecular flexibility index (Phi) is 5.55. The van der Waals surface area contributed by atoms with Crippen molar-refractivity contribution in [2.45, 2.75) is 20.0 Å². The van der Waals surface area contributed by atoms with Crippen molar-refractivity contribution in [2.75, 3.05) is 12.0 Å². The monoisotopic (exact) mass is 357 g/mol. The van der Waals surface area contributed by atoms with Gasteiger partial charge in [-0.25, -0.2) is 9.78 Å². The number of benzene rings is 1. The number of esters is 1. The number of ether oxygens (including phenoxy) is 1. The second-order valence-corrected chi connectivity index (χ2v) is 5.64. The molecule has 1 heterocycles. The van der Waals surface area contributed by atoms with Crippen molar-refractivity contribution < 1.29 is 22.7 Å². The second-order valence-electron chi connectivity index (χ2n) is 4.64. The maximum absolute atomic E-state index is 12.5. The van der Waals surface area contributed by atoms with E-state index in [1.807, 2.05) is 0 Å². The summed E-state index contributed by atoms with van der Waals surface area (Å²) in [6.45, 7) is 3.65. The smallest absolute Gasteiger partial charge is 0.416 e. The number of aromatic nitrogens is 1. The van der Waals surface area contributed by atoms with Crippen molar-refractivity contribution in [3.05, 3.63) is 46.0 Å². The number of halogens is 3. The molecule has 0 saturated heterocycles. The van der Waals surface area contributed by atoms with Crippen LogP contribution >= 0.6 is 11.3 Å². The Morgan fingerprint density at radius 2 is 2.04 bits per heavy atom. The molecule has 2 rings (SSSR count). The van der Waals surface area contributed by atoms with Crippen LogP contribution in [0.2, 0.25) is 0 Å². The predicted molar refractivity (Wildman–Crippen MR) is 85.5 cm³/mol. The number of nitrogens with zero attached hydrogens (tertiary/aromatic N) is 2. The lowest BCUT2D eigenvalue weighted by Crippen LogP contribution is -2.04. The fourth-order valence-electron chi connectivity index (χ4n) is 1.75. The number of hydrogen-bond acceptors (Lipinski definition) is 6. The van der Waals surface area contributed by atoms with E-state index < -0.39 is 17.7 Å². The third-order valence-corrected chi connectivity index (χ3v) is 3.91. The van der Waals surface area contributed by atoms with E-state index in [1.165, 1.54) is 18.3 Å². The number of aryl methyl sites for hydroxylation is 1. The predicted octanol–water partition coefficient (Wildman–Crippen LogP) is 4.09. The highest BCUT2D eigenvalue weighted by molar-refractivity contribution is 7.17. The Morgan fingerprint density at radius 1 is 1.38 bits per heavy atom. The van der Waals surface area contributed by atoms with Gasteiger partial charge in [-0.2, -0.15) is 18.3 Å². The Labute approximate surface area is 140 Å². The number of carbonyl (C=O) groups excluding carboxylic acids is 1. The minimum Gasteiger partial charge on any atom is -0.462 e. The lowest BCUT2D eigenvalue weighted by atomic mass is 10.1. The van der Waals surface area contributed by atoms with Gasteiger partial charge in [-0.3, -0.25) is 5.43 Å². The van der Waals surface area contributed by atoms with Gasteiger partial charge in [0.15, 0.2) is 0 Å². The van der Waals surface area contributed by atoms with Crippen molar-refractivity contribution in [3.63, 3.8) is 0 Å². The molecular formula is C15H14F3N3O2S. The Morgan fingerprint density at radius 3 is 2.62 bits per heavy atom. The van der Waals surface area contributed by atoms with Gasteiger partial charge in [0.25, 0.3) is 0 Å². The summed E-state index contributed by atoms with van der Waals surface area (Å²) < 4.78 is 42.3. The van der Waals surface area contributed by atoms with Gasteiger partial charge in [0.1, 0.15) is 4.88 Å². The van der Waals surface area contributed by atoms with Gasteiger partial charge < -0.3 is 4.74 Å². The molecule has 0 fully saturated rings. The van der Waals surface area contributed by atoms with Gasteiger partial charge in [-0.15, -0.1) is 0 Å². The number of hydrazone groups is 1. The van der Waals surface area contributed by atoms with Crippen molar-refractivity contribution in [3.8, 4) is 0 Å². The zero-order valence-corrected chi connectivity index (χ0v) is 13.7. The van der Waals surface area contributed by atoms with E-state index >= 15 is 0 Å². The molecule has 0 aliphatic rings. The summed E-state index contributed by atoms with van der Waals surface area (Å²) in [5, 5.41) is 4.29. The van der Waals surface area contributed by atoms with Crippen molar-refractivity contribution >= 4 is 28.7 Å². The summed E-state index contributed by atoms with van der Waals surface area (Å²) in [7, 11) is 0. The quantitative estimate of drug-likeness (QED) is 0.497. The van der Waals surface area contributed by atoms with Gasteiger partial charge in [-0.1, -0.05) is 23.5 Å². The summed E-state index contributed by atoms with van der Waals surface area (Å²) in [5.41, 5.74) is 2.94. The first-order chi connectivity index (χ1) is 11.3. The standard InChI is InChI=1S/C15H14F3N3O2S/c1-3-23-13(22)12-9(2)20-14(24-12)21-19-8-10-4-6-11(7-5-10)15(16,17)18/h4-8H,3H2,1-2H3,(H,20,21)/b19-8-. The molecule has 24 heavy (non-hydrogen) atoms. The third-order valence-electron chi connectivity index (χ3n) is 2.87. The number of thiazole rings is 1. The van der Waals surface area contributed by atoms with Crippen LogP contribution in [0.25, 0.3) is 0 Å². The van der Waals surface area contributed by atoms with E-state index in [-0.39, 0.29) is 6.61 Å². The van der Waals surface area contributed by atoms with Crippen molar-refractivity contribution in [2.24, 2.45) is 5.10 Å². The average molecular weight is 357 g/mol. The van der Waals surface area contributed by atoms with Crippen molar-refractivity contribution in [1.29, 1.82) is 0 Å². The molecule has 0 radical (unpaired) electrons. The minimum atomic E-state index is -4.37. The van der Waals surface area contributed by atoms with E-state index in [9.17, 15) is 18.0 Å². The molecule has 1 aromatic heterocycles. The molecule has 128 valence electrons. The first kappa shape index (κ1) is 17.9.